The summed E-state index contributed by atoms with van der Waals surface area (Å²) in [7, 11) is 0. The van der Waals surface area contributed by atoms with E-state index in [0.29, 0.717) is 17.9 Å². The van der Waals surface area contributed by atoms with Gasteiger partial charge in [0.15, 0.2) is 0 Å². The van der Waals surface area contributed by atoms with Crippen molar-refractivity contribution in [2.24, 2.45) is 0 Å². The van der Waals surface area contributed by atoms with Crippen molar-refractivity contribution in [3.8, 4) is 0 Å². The Hall–Kier alpha value is -0.940. The first-order valence-corrected chi connectivity index (χ1v) is 7.54. The largest absolute Gasteiger partial charge is 0.478 e. The van der Waals surface area contributed by atoms with Crippen molar-refractivity contribution in [3.05, 3.63) is 23.7 Å². The number of rotatable bonds is 4. The van der Waals surface area contributed by atoms with E-state index in [0.717, 1.165) is 18.3 Å². The van der Waals surface area contributed by atoms with E-state index in [2.05, 4.69) is 11.2 Å². The van der Waals surface area contributed by atoms with Crippen molar-refractivity contribution in [1.29, 1.82) is 0 Å². The summed E-state index contributed by atoms with van der Waals surface area (Å²) in [4.78, 5) is 13.3. The molecule has 2 rings (SSSR count). The van der Waals surface area contributed by atoms with Crippen LogP contribution in [0.25, 0.3) is 0 Å². The van der Waals surface area contributed by atoms with E-state index in [-0.39, 0.29) is 0 Å². The van der Waals surface area contributed by atoms with E-state index in [4.69, 9.17) is 9.52 Å². The molecule has 1 atom stereocenters. The van der Waals surface area contributed by atoms with Gasteiger partial charge >= 0.3 is 5.97 Å². The number of carbonyl (C=O) groups is 1. The number of aromatic carboxylic acids is 1. The Balaban J connectivity index is 1.96. The standard InChI is InChI=1S/C13H19NO3S/c1-18-10-3-2-6-14(7-4-10)9-12-11(13(15)16)5-8-17-12/h5,8,10H,2-4,6-7,9H2,1H3,(H,15,16). The molecular formula is C13H19NO3S. The van der Waals surface area contributed by atoms with Gasteiger partial charge in [-0.15, -0.1) is 0 Å². The van der Waals surface area contributed by atoms with E-state index in [1.807, 2.05) is 11.8 Å². The van der Waals surface area contributed by atoms with Gasteiger partial charge in [0.1, 0.15) is 11.3 Å². The number of likely N-dealkylation sites (tertiary alicyclic amines) is 1. The molecule has 2 heterocycles. The lowest BCUT2D eigenvalue weighted by atomic mass is 10.2. The molecule has 1 aromatic rings. The van der Waals surface area contributed by atoms with Gasteiger partial charge in [-0.05, 0) is 44.7 Å². The van der Waals surface area contributed by atoms with Crippen molar-refractivity contribution in [1.82, 2.24) is 4.90 Å². The molecule has 18 heavy (non-hydrogen) atoms. The molecule has 0 spiro atoms. The van der Waals surface area contributed by atoms with Crippen LogP contribution >= 0.6 is 11.8 Å². The molecular weight excluding hydrogens is 250 g/mol. The Morgan fingerprint density at radius 3 is 3.11 bits per heavy atom. The molecule has 1 fully saturated rings. The molecule has 0 aliphatic carbocycles. The summed E-state index contributed by atoms with van der Waals surface area (Å²) >= 11 is 1.93. The Labute approximate surface area is 111 Å². The van der Waals surface area contributed by atoms with Crippen LogP contribution in [0.5, 0.6) is 0 Å². The highest BCUT2D eigenvalue weighted by atomic mass is 32.2. The van der Waals surface area contributed by atoms with Crippen LogP contribution in [0.1, 0.15) is 35.4 Å². The molecule has 0 radical (unpaired) electrons. The van der Waals surface area contributed by atoms with Gasteiger partial charge in [-0.1, -0.05) is 0 Å². The van der Waals surface area contributed by atoms with Crippen LogP contribution in [0.2, 0.25) is 0 Å². The molecule has 0 aromatic carbocycles. The third-order valence-corrected chi connectivity index (χ3v) is 4.58. The molecule has 0 amide bonds. The van der Waals surface area contributed by atoms with Crippen LogP contribution in [0.15, 0.2) is 16.7 Å². The van der Waals surface area contributed by atoms with Gasteiger partial charge in [0.2, 0.25) is 0 Å². The Bertz CT molecular complexity index is 405. The average Bonchev–Trinajstić information content (AvgIpc) is 2.69. The number of furan rings is 1. The Kier molecular flexibility index (Phi) is 4.72. The first-order valence-electron chi connectivity index (χ1n) is 6.25. The fraction of sp³-hybridized carbons (Fsp3) is 0.615. The minimum atomic E-state index is -0.907. The Morgan fingerprint density at radius 1 is 1.56 bits per heavy atom. The first kappa shape index (κ1) is 13.5. The third-order valence-electron chi connectivity index (χ3n) is 3.44. The number of thioether (sulfide) groups is 1. The zero-order chi connectivity index (χ0) is 13.0. The van der Waals surface area contributed by atoms with Crippen molar-refractivity contribution in [2.75, 3.05) is 19.3 Å². The molecule has 0 saturated carbocycles. The van der Waals surface area contributed by atoms with Gasteiger partial charge in [-0.25, -0.2) is 4.79 Å². The van der Waals surface area contributed by atoms with Crippen LogP contribution in [-0.4, -0.2) is 40.6 Å². The second kappa shape index (κ2) is 6.29. The average molecular weight is 269 g/mol. The first-order chi connectivity index (χ1) is 8.70. The quantitative estimate of drug-likeness (QED) is 0.910. The normalized spacial score (nSPS) is 21.7. The summed E-state index contributed by atoms with van der Waals surface area (Å²) in [6.07, 6.45) is 7.22. The van der Waals surface area contributed by atoms with Crippen LogP contribution < -0.4 is 0 Å². The van der Waals surface area contributed by atoms with Gasteiger partial charge < -0.3 is 9.52 Å². The summed E-state index contributed by atoms with van der Waals surface area (Å²) in [5.41, 5.74) is 0.292. The molecule has 1 aliphatic heterocycles. The van der Waals surface area contributed by atoms with Crippen molar-refractivity contribution in [3.63, 3.8) is 0 Å². The van der Waals surface area contributed by atoms with Crippen molar-refractivity contribution < 1.29 is 14.3 Å². The highest BCUT2D eigenvalue weighted by Crippen LogP contribution is 2.23. The molecule has 1 N–H and O–H groups in total. The van der Waals surface area contributed by atoms with E-state index in [1.54, 1.807) is 0 Å². The lowest BCUT2D eigenvalue weighted by Gasteiger charge is -2.18. The molecule has 100 valence electrons. The van der Waals surface area contributed by atoms with Crippen LogP contribution in [0.4, 0.5) is 0 Å². The summed E-state index contributed by atoms with van der Waals surface area (Å²) in [5, 5.41) is 9.78. The molecule has 1 aromatic heterocycles. The minimum absolute atomic E-state index is 0.292. The summed E-state index contributed by atoms with van der Waals surface area (Å²) in [5.74, 6) is -0.333. The monoisotopic (exact) mass is 269 g/mol. The van der Waals surface area contributed by atoms with Gasteiger partial charge in [0.05, 0.1) is 12.8 Å². The second-order valence-electron chi connectivity index (χ2n) is 4.63. The maximum absolute atomic E-state index is 11.0. The van der Waals surface area contributed by atoms with Gasteiger partial charge in [-0.2, -0.15) is 11.8 Å². The number of hydrogen-bond acceptors (Lipinski definition) is 4. The molecule has 4 nitrogen and oxygen atoms in total. The number of carboxylic acid groups (broad SMARTS) is 1. The number of hydrogen-bond donors (Lipinski definition) is 1. The van der Waals surface area contributed by atoms with Crippen LogP contribution in [0.3, 0.4) is 0 Å². The summed E-state index contributed by atoms with van der Waals surface area (Å²) in [6, 6.07) is 1.53. The van der Waals surface area contributed by atoms with Gasteiger partial charge in [0, 0.05) is 5.25 Å². The maximum atomic E-state index is 11.0. The fourth-order valence-electron chi connectivity index (χ4n) is 2.38. The number of carboxylic acids is 1. The zero-order valence-electron chi connectivity index (χ0n) is 10.6. The Morgan fingerprint density at radius 2 is 2.39 bits per heavy atom. The van der Waals surface area contributed by atoms with E-state index >= 15 is 0 Å². The summed E-state index contributed by atoms with van der Waals surface area (Å²) in [6.45, 7) is 2.65. The minimum Gasteiger partial charge on any atom is -0.478 e. The molecule has 1 aliphatic rings. The summed E-state index contributed by atoms with van der Waals surface area (Å²) < 4.78 is 5.29. The van der Waals surface area contributed by atoms with Crippen LogP contribution in [0, 0.1) is 0 Å². The smallest absolute Gasteiger partial charge is 0.339 e. The molecule has 1 saturated heterocycles. The second-order valence-corrected chi connectivity index (χ2v) is 5.77. The van der Waals surface area contributed by atoms with Crippen LogP contribution in [-0.2, 0) is 6.54 Å². The molecule has 0 bridgehead atoms. The SMILES string of the molecule is CSC1CCCN(Cc2occc2C(=O)O)CC1. The van der Waals surface area contributed by atoms with E-state index in [9.17, 15) is 4.79 Å². The predicted molar refractivity (Wildman–Crippen MR) is 72.1 cm³/mol. The molecule has 1 unspecified atom stereocenters. The zero-order valence-corrected chi connectivity index (χ0v) is 11.4. The lowest BCUT2D eigenvalue weighted by Crippen LogP contribution is -2.25. The van der Waals surface area contributed by atoms with Gasteiger partial charge in [-0.3, -0.25) is 4.90 Å². The maximum Gasteiger partial charge on any atom is 0.339 e. The van der Waals surface area contributed by atoms with Crippen molar-refractivity contribution in [2.45, 2.75) is 31.1 Å². The number of nitrogens with zero attached hydrogens (tertiary/aromatic N) is 1. The highest BCUT2D eigenvalue weighted by Gasteiger charge is 2.20. The van der Waals surface area contributed by atoms with Crippen molar-refractivity contribution >= 4 is 17.7 Å². The predicted octanol–water partition coefficient (Wildman–Crippen LogP) is 2.70. The molecule has 5 heteroatoms. The van der Waals surface area contributed by atoms with Gasteiger partial charge in [0.25, 0.3) is 0 Å². The topological polar surface area (TPSA) is 53.7 Å². The lowest BCUT2D eigenvalue weighted by molar-refractivity contribution is 0.0692. The van der Waals surface area contributed by atoms with E-state index < -0.39 is 5.97 Å². The van der Waals surface area contributed by atoms with E-state index in [1.165, 1.54) is 31.6 Å². The highest BCUT2D eigenvalue weighted by molar-refractivity contribution is 7.99. The fourth-order valence-corrected chi connectivity index (χ4v) is 3.12. The third kappa shape index (κ3) is 3.29.